The van der Waals surface area contributed by atoms with Crippen molar-refractivity contribution >= 4 is 12.1 Å². The van der Waals surface area contributed by atoms with Gasteiger partial charge in [0.15, 0.2) is 0 Å². The van der Waals surface area contributed by atoms with Crippen molar-refractivity contribution in [3.8, 4) is 17.0 Å². The Morgan fingerprint density at radius 1 is 1.08 bits per heavy atom. The molecule has 1 amide bonds. The molecule has 2 aromatic rings. The summed E-state index contributed by atoms with van der Waals surface area (Å²) in [6.45, 7) is 3.92. The number of benzene rings is 1. The molecule has 2 atom stereocenters. The van der Waals surface area contributed by atoms with Crippen LogP contribution in [0, 0.1) is 5.92 Å². The van der Waals surface area contributed by atoms with Crippen LogP contribution < -0.4 is 4.74 Å². The second-order valence-electron chi connectivity index (χ2n) is 10.4. The van der Waals surface area contributed by atoms with Gasteiger partial charge in [-0.1, -0.05) is 12.8 Å². The Morgan fingerprint density at radius 2 is 1.81 bits per heavy atom. The zero-order chi connectivity index (χ0) is 25.7. The van der Waals surface area contributed by atoms with Crippen LogP contribution in [0.5, 0.6) is 5.75 Å². The lowest BCUT2D eigenvalue weighted by molar-refractivity contribution is -0.154. The fraction of sp³-hybridized carbons (Fsp3) is 0.607. The van der Waals surface area contributed by atoms with Gasteiger partial charge in [0, 0.05) is 25.7 Å². The zero-order valence-corrected chi connectivity index (χ0v) is 21.9. The highest BCUT2D eigenvalue weighted by Crippen LogP contribution is 2.31. The van der Waals surface area contributed by atoms with E-state index in [1.807, 2.05) is 56.8 Å². The highest BCUT2D eigenvalue weighted by molar-refractivity contribution is 5.72. The number of esters is 1. The van der Waals surface area contributed by atoms with Crippen molar-refractivity contribution in [2.24, 2.45) is 13.0 Å². The Kier molecular flexibility index (Phi) is 8.54. The Bertz CT molecular complexity index is 1030. The molecule has 0 radical (unpaired) electrons. The summed E-state index contributed by atoms with van der Waals surface area (Å²) in [7, 11) is 3.73. The molecule has 4 rings (SSSR count). The monoisotopic (exact) mass is 497 g/mol. The number of rotatable bonds is 8. The summed E-state index contributed by atoms with van der Waals surface area (Å²) in [5.74, 6) is 0.548. The van der Waals surface area contributed by atoms with Gasteiger partial charge in [0.1, 0.15) is 12.4 Å². The molecule has 0 spiro atoms. The number of hydrogen-bond donors (Lipinski definition) is 0. The smallest absolute Gasteiger partial charge is 0.410 e. The van der Waals surface area contributed by atoms with Gasteiger partial charge < -0.3 is 23.7 Å². The topological polar surface area (TPSA) is 82.9 Å². The molecule has 2 aliphatic rings. The van der Waals surface area contributed by atoms with Crippen molar-refractivity contribution in [1.82, 2.24) is 14.5 Å². The number of aryl methyl sites for hydroxylation is 1. The highest BCUT2D eigenvalue weighted by atomic mass is 16.6. The van der Waals surface area contributed by atoms with Crippen LogP contribution >= 0.6 is 0 Å². The van der Waals surface area contributed by atoms with Crippen LogP contribution in [0.15, 0.2) is 30.6 Å². The number of imidazole rings is 1. The Hall–Kier alpha value is -3.03. The number of aromatic nitrogens is 2. The lowest BCUT2D eigenvalue weighted by Crippen LogP contribution is -2.35. The van der Waals surface area contributed by atoms with Crippen molar-refractivity contribution < 1.29 is 23.8 Å². The molecule has 0 N–H and O–H groups in total. The summed E-state index contributed by atoms with van der Waals surface area (Å²) in [5, 5.41) is 0. The molecule has 196 valence electrons. The highest BCUT2D eigenvalue weighted by Gasteiger charge is 2.30. The molecule has 2 fully saturated rings. The normalized spacial score (nSPS) is 20.4. The van der Waals surface area contributed by atoms with Crippen LogP contribution in [0.3, 0.4) is 0 Å². The number of carbonyl (C=O) groups excluding carboxylic acids is 2. The number of amides is 1. The van der Waals surface area contributed by atoms with E-state index in [1.54, 1.807) is 11.2 Å². The summed E-state index contributed by atoms with van der Waals surface area (Å²) in [4.78, 5) is 31.2. The quantitative estimate of drug-likeness (QED) is 0.449. The van der Waals surface area contributed by atoms with Gasteiger partial charge >= 0.3 is 12.1 Å². The standard InChI is InChI=1S/C28H39N3O5/c1-19(2)35-27(32)21-8-7-11-24(16-21)36-23-14-12-20(13-15-23)26-25(30(3)18-29-26)17-34-28(33)31(4)22-9-5-6-10-22/h12-15,18-19,21-22,24H,5-11,16-17H2,1-4H3/t21-,24-/m0/s1. The van der Waals surface area contributed by atoms with Crippen molar-refractivity contribution in [3.05, 3.63) is 36.3 Å². The molecule has 8 nitrogen and oxygen atoms in total. The van der Waals surface area contributed by atoms with Gasteiger partial charge in [-0.15, -0.1) is 0 Å². The number of carbonyl (C=O) groups is 2. The molecule has 1 heterocycles. The van der Waals surface area contributed by atoms with Gasteiger partial charge in [-0.2, -0.15) is 0 Å². The maximum Gasteiger partial charge on any atom is 0.410 e. The largest absolute Gasteiger partial charge is 0.490 e. The van der Waals surface area contributed by atoms with Gasteiger partial charge in [-0.3, -0.25) is 4.79 Å². The summed E-state index contributed by atoms with van der Waals surface area (Å²) < 4.78 is 19.1. The van der Waals surface area contributed by atoms with E-state index in [9.17, 15) is 9.59 Å². The average Bonchev–Trinajstić information content (AvgIpc) is 3.52. The molecule has 2 aliphatic carbocycles. The van der Waals surface area contributed by atoms with E-state index in [0.717, 1.165) is 54.8 Å². The minimum absolute atomic E-state index is 0.00371. The SMILES string of the molecule is CC(C)OC(=O)[C@H]1CCC[C@H](Oc2ccc(-c3ncn(C)c3COC(=O)N(C)C3CCCC3)cc2)C1. The second kappa shape index (κ2) is 11.8. The molecule has 1 aromatic carbocycles. The van der Waals surface area contributed by atoms with Crippen LogP contribution in [-0.2, 0) is 27.9 Å². The summed E-state index contributed by atoms with van der Waals surface area (Å²) in [5.41, 5.74) is 2.56. The van der Waals surface area contributed by atoms with Crippen LogP contribution in [0.2, 0.25) is 0 Å². The fourth-order valence-electron chi connectivity index (χ4n) is 5.22. The van der Waals surface area contributed by atoms with E-state index in [4.69, 9.17) is 14.2 Å². The first-order valence-electron chi connectivity index (χ1n) is 13.2. The molecule has 0 bridgehead atoms. The van der Waals surface area contributed by atoms with Gasteiger partial charge in [-0.05, 0) is 76.6 Å². The number of nitrogens with zero attached hydrogens (tertiary/aromatic N) is 3. The van der Waals surface area contributed by atoms with E-state index in [2.05, 4.69) is 4.98 Å². The Balaban J connectivity index is 1.35. The van der Waals surface area contributed by atoms with E-state index >= 15 is 0 Å². The van der Waals surface area contributed by atoms with Crippen molar-refractivity contribution in [2.45, 2.75) is 90.1 Å². The van der Waals surface area contributed by atoms with Crippen LogP contribution in [0.1, 0.15) is 70.9 Å². The van der Waals surface area contributed by atoms with Crippen molar-refractivity contribution in [3.63, 3.8) is 0 Å². The molecule has 1 aromatic heterocycles. The maximum absolute atomic E-state index is 12.6. The van der Waals surface area contributed by atoms with Gasteiger partial charge in [-0.25, -0.2) is 9.78 Å². The third-order valence-corrected chi connectivity index (χ3v) is 7.29. The van der Waals surface area contributed by atoms with Crippen molar-refractivity contribution in [2.75, 3.05) is 7.05 Å². The Labute approximate surface area is 213 Å². The van der Waals surface area contributed by atoms with E-state index < -0.39 is 0 Å². The molecule has 2 saturated carbocycles. The third-order valence-electron chi connectivity index (χ3n) is 7.29. The summed E-state index contributed by atoms with van der Waals surface area (Å²) >= 11 is 0. The van der Waals surface area contributed by atoms with Crippen LogP contribution in [0.4, 0.5) is 4.79 Å². The summed E-state index contributed by atoms with van der Waals surface area (Å²) in [6.07, 6.45) is 9.18. The second-order valence-corrected chi connectivity index (χ2v) is 10.4. The van der Waals surface area contributed by atoms with Gasteiger partial charge in [0.2, 0.25) is 0 Å². The predicted molar refractivity (Wildman–Crippen MR) is 136 cm³/mol. The Morgan fingerprint density at radius 3 is 2.50 bits per heavy atom. The minimum atomic E-state index is -0.291. The lowest BCUT2D eigenvalue weighted by Gasteiger charge is -2.29. The van der Waals surface area contributed by atoms with E-state index in [-0.39, 0.29) is 42.8 Å². The predicted octanol–water partition coefficient (Wildman–Crippen LogP) is 5.49. The average molecular weight is 498 g/mol. The van der Waals surface area contributed by atoms with E-state index in [1.165, 1.54) is 12.8 Å². The van der Waals surface area contributed by atoms with Crippen LogP contribution in [-0.4, -0.2) is 51.8 Å². The van der Waals surface area contributed by atoms with E-state index in [0.29, 0.717) is 6.42 Å². The maximum atomic E-state index is 12.6. The molecule has 36 heavy (non-hydrogen) atoms. The zero-order valence-electron chi connectivity index (χ0n) is 21.9. The van der Waals surface area contributed by atoms with Gasteiger partial charge in [0.25, 0.3) is 0 Å². The molecule has 0 aliphatic heterocycles. The third kappa shape index (κ3) is 6.39. The molecule has 0 saturated heterocycles. The number of hydrogen-bond acceptors (Lipinski definition) is 6. The van der Waals surface area contributed by atoms with Gasteiger partial charge in [0.05, 0.1) is 35.8 Å². The molecule has 0 unspecified atom stereocenters. The molecular formula is C28H39N3O5. The number of ether oxygens (including phenoxy) is 3. The minimum Gasteiger partial charge on any atom is -0.490 e. The lowest BCUT2D eigenvalue weighted by atomic mass is 9.87. The summed E-state index contributed by atoms with van der Waals surface area (Å²) in [6, 6.07) is 8.09. The first-order valence-corrected chi connectivity index (χ1v) is 13.2. The van der Waals surface area contributed by atoms with Crippen molar-refractivity contribution in [1.29, 1.82) is 0 Å². The molecular weight excluding hydrogens is 458 g/mol. The van der Waals surface area contributed by atoms with Crippen LogP contribution in [0.25, 0.3) is 11.3 Å². The molecule has 8 heteroatoms. The first kappa shape index (κ1) is 26.0. The fourth-order valence-corrected chi connectivity index (χ4v) is 5.22. The first-order chi connectivity index (χ1) is 17.3.